The third-order valence-electron chi connectivity index (χ3n) is 4.24. The van der Waals surface area contributed by atoms with Crippen molar-refractivity contribution in [3.63, 3.8) is 0 Å². The predicted octanol–water partition coefficient (Wildman–Crippen LogP) is 2.71. The summed E-state index contributed by atoms with van der Waals surface area (Å²) in [5, 5.41) is 6.73. The first-order valence-corrected chi connectivity index (χ1v) is 9.41. The Kier molecular flexibility index (Phi) is 6.18. The summed E-state index contributed by atoms with van der Waals surface area (Å²) in [5.41, 5.74) is -0.272. The van der Waals surface area contributed by atoms with Crippen LogP contribution in [0.25, 0.3) is 10.6 Å². The highest BCUT2D eigenvalue weighted by atomic mass is 32.1. The number of carbonyl (C=O) groups is 1. The van der Waals surface area contributed by atoms with Crippen LogP contribution in [-0.4, -0.2) is 60.0 Å². The lowest BCUT2D eigenvalue weighted by Crippen LogP contribution is -2.41. The first kappa shape index (κ1) is 19.8. The van der Waals surface area contributed by atoms with Gasteiger partial charge in [-0.15, -0.1) is 11.3 Å². The zero-order chi connectivity index (χ0) is 19.4. The molecule has 1 N–H and O–H groups in total. The first-order chi connectivity index (χ1) is 12.9. The van der Waals surface area contributed by atoms with Crippen molar-refractivity contribution in [3.05, 3.63) is 28.8 Å². The number of aromatic nitrogens is 2. The number of hydrogen-bond acceptors (Lipinski definition) is 5. The number of ether oxygens (including phenoxy) is 1. The number of nitrogens with zero attached hydrogens (tertiary/aromatic N) is 3. The Morgan fingerprint density at radius 2 is 2.11 bits per heavy atom. The highest BCUT2D eigenvalue weighted by molar-refractivity contribution is 7.17. The predicted molar refractivity (Wildman–Crippen MR) is 95.8 cm³/mol. The van der Waals surface area contributed by atoms with Crippen LogP contribution in [0.2, 0.25) is 0 Å². The summed E-state index contributed by atoms with van der Waals surface area (Å²) in [7, 11) is 0. The number of carbonyl (C=O) groups excluding carboxylic acids is 1. The van der Waals surface area contributed by atoms with Gasteiger partial charge < -0.3 is 10.1 Å². The Morgan fingerprint density at radius 1 is 1.37 bits per heavy atom. The number of amides is 1. The highest BCUT2D eigenvalue weighted by Gasteiger charge is 2.30. The van der Waals surface area contributed by atoms with Gasteiger partial charge in [0.2, 0.25) is 0 Å². The van der Waals surface area contributed by atoms with E-state index in [4.69, 9.17) is 4.74 Å². The molecule has 0 atom stereocenters. The van der Waals surface area contributed by atoms with Gasteiger partial charge in [0.25, 0.3) is 11.8 Å². The van der Waals surface area contributed by atoms with Gasteiger partial charge >= 0.3 is 0 Å². The zero-order valence-corrected chi connectivity index (χ0v) is 15.7. The molecule has 2 aromatic heterocycles. The SMILES string of the molecule is CC(F)(F)c1cc(-c2ccc(C(=O)NCCN3CCOCC3)s2)nn1CF. The molecule has 0 bridgehead atoms. The molecule has 3 rings (SSSR count). The summed E-state index contributed by atoms with van der Waals surface area (Å²) in [6, 6.07) is 4.40. The van der Waals surface area contributed by atoms with Crippen LogP contribution in [-0.2, 0) is 17.5 Å². The summed E-state index contributed by atoms with van der Waals surface area (Å²) in [6.45, 7) is 3.90. The number of rotatable bonds is 7. The maximum atomic E-state index is 13.6. The van der Waals surface area contributed by atoms with Gasteiger partial charge in [0.15, 0.2) is 6.80 Å². The van der Waals surface area contributed by atoms with Crippen LogP contribution >= 0.6 is 11.3 Å². The normalized spacial score (nSPS) is 15.9. The van der Waals surface area contributed by atoms with E-state index in [-0.39, 0.29) is 11.6 Å². The second-order valence-electron chi connectivity index (χ2n) is 6.30. The van der Waals surface area contributed by atoms with Crippen molar-refractivity contribution in [2.24, 2.45) is 0 Å². The van der Waals surface area contributed by atoms with Gasteiger partial charge in [-0.25, -0.2) is 9.07 Å². The van der Waals surface area contributed by atoms with E-state index in [1.807, 2.05) is 0 Å². The van der Waals surface area contributed by atoms with Gasteiger partial charge in [0, 0.05) is 33.1 Å². The van der Waals surface area contributed by atoms with E-state index in [9.17, 15) is 18.0 Å². The minimum Gasteiger partial charge on any atom is -0.379 e. The first-order valence-electron chi connectivity index (χ1n) is 8.59. The molecule has 0 aromatic carbocycles. The third-order valence-corrected chi connectivity index (χ3v) is 5.35. The minimum absolute atomic E-state index is 0.224. The fraction of sp³-hybridized carbons (Fsp3) is 0.529. The van der Waals surface area contributed by atoms with Crippen molar-refractivity contribution < 1.29 is 22.7 Å². The van der Waals surface area contributed by atoms with Crippen LogP contribution in [0.4, 0.5) is 13.2 Å². The largest absolute Gasteiger partial charge is 0.379 e. The van der Waals surface area contributed by atoms with E-state index in [0.717, 1.165) is 37.0 Å². The molecule has 148 valence electrons. The van der Waals surface area contributed by atoms with Gasteiger partial charge in [-0.2, -0.15) is 13.9 Å². The summed E-state index contributed by atoms with van der Waals surface area (Å²) < 4.78 is 46.0. The van der Waals surface area contributed by atoms with E-state index in [0.29, 0.717) is 41.1 Å². The number of alkyl halides is 3. The Balaban J connectivity index is 1.62. The molecule has 1 fully saturated rings. The number of halogens is 3. The van der Waals surface area contributed by atoms with Gasteiger partial charge in [0.05, 0.1) is 23.0 Å². The van der Waals surface area contributed by atoms with Crippen LogP contribution in [0.5, 0.6) is 0 Å². The van der Waals surface area contributed by atoms with Crippen molar-refractivity contribution >= 4 is 17.2 Å². The molecule has 0 aliphatic carbocycles. The molecular weight excluding hydrogens is 381 g/mol. The van der Waals surface area contributed by atoms with Gasteiger partial charge in [-0.05, 0) is 18.2 Å². The Morgan fingerprint density at radius 3 is 2.74 bits per heavy atom. The molecule has 0 unspecified atom stereocenters. The summed E-state index contributed by atoms with van der Waals surface area (Å²) in [4.78, 5) is 15.5. The van der Waals surface area contributed by atoms with E-state index in [1.54, 1.807) is 12.1 Å². The van der Waals surface area contributed by atoms with E-state index in [1.165, 1.54) is 0 Å². The second kappa shape index (κ2) is 8.41. The molecule has 1 aliphatic heterocycles. The fourth-order valence-electron chi connectivity index (χ4n) is 2.82. The molecule has 1 saturated heterocycles. The maximum Gasteiger partial charge on any atom is 0.286 e. The Bertz CT molecular complexity index is 781. The van der Waals surface area contributed by atoms with Gasteiger partial charge in [-0.3, -0.25) is 9.69 Å². The van der Waals surface area contributed by atoms with Gasteiger partial charge in [0.1, 0.15) is 11.4 Å². The lowest BCUT2D eigenvalue weighted by molar-refractivity contribution is 0.00546. The maximum absolute atomic E-state index is 13.6. The Labute approximate surface area is 158 Å². The highest BCUT2D eigenvalue weighted by Crippen LogP contribution is 2.33. The topological polar surface area (TPSA) is 59.4 Å². The number of morpholine rings is 1. The molecule has 27 heavy (non-hydrogen) atoms. The summed E-state index contributed by atoms with van der Waals surface area (Å²) >= 11 is 1.13. The van der Waals surface area contributed by atoms with E-state index in [2.05, 4.69) is 15.3 Å². The third kappa shape index (κ3) is 4.88. The number of nitrogens with one attached hydrogen (secondary N) is 1. The van der Waals surface area contributed by atoms with Crippen LogP contribution in [0.3, 0.4) is 0 Å². The molecule has 1 amide bonds. The zero-order valence-electron chi connectivity index (χ0n) is 14.9. The lowest BCUT2D eigenvalue weighted by atomic mass is 10.2. The molecule has 2 aromatic rings. The average Bonchev–Trinajstić information content (AvgIpc) is 3.29. The molecule has 3 heterocycles. The monoisotopic (exact) mass is 402 g/mol. The minimum atomic E-state index is -3.20. The van der Waals surface area contributed by atoms with E-state index >= 15 is 0 Å². The average molecular weight is 402 g/mol. The molecule has 6 nitrogen and oxygen atoms in total. The molecule has 1 aliphatic rings. The lowest BCUT2D eigenvalue weighted by Gasteiger charge is -2.26. The molecule has 0 spiro atoms. The molecule has 0 radical (unpaired) electrons. The number of thiophene rings is 1. The van der Waals surface area contributed by atoms with Crippen molar-refractivity contribution in [3.8, 4) is 10.6 Å². The standard InChI is InChI=1S/C17H21F3N4O2S/c1-17(19,20)15-10-12(22-24(15)11-18)13-2-3-14(27-13)16(25)21-4-5-23-6-8-26-9-7-23/h2-3,10H,4-9,11H2,1H3,(H,21,25). The van der Waals surface area contributed by atoms with Crippen LogP contribution in [0.15, 0.2) is 18.2 Å². The summed E-state index contributed by atoms with van der Waals surface area (Å²) in [6.07, 6.45) is 0. The van der Waals surface area contributed by atoms with Crippen LogP contribution in [0.1, 0.15) is 22.3 Å². The second-order valence-corrected chi connectivity index (χ2v) is 7.38. The smallest absolute Gasteiger partial charge is 0.286 e. The van der Waals surface area contributed by atoms with Crippen molar-refractivity contribution in [1.82, 2.24) is 20.0 Å². The van der Waals surface area contributed by atoms with Crippen molar-refractivity contribution in [2.45, 2.75) is 19.6 Å². The quantitative estimate of drug-likeness (QED) is 0.774. The molecule has 10 heteroatoms. The van der Waals surface area contributed by atoms with Crippen molar-refractivity contribution in [1.29, 1.82) is 0 Å². The van der Waals surface area contributed by atoms with Gasteiger partial charge in [-0.1, -0.05) is 0 Å². The van der Waals surface area contributed by atoms with Crippen LogP contribution < -0.4 is 5.32 Å². The Hall–Kier alpha value is -1.91. The number of hydrogen-bond donors (Lipinski definition) is 1. The van der Waals surface area contributed by atoms with Crippen LogP contribution in [0, 0.1) is 0 Å². The molecule has 0 saturated carbocycles. The fourth-order valence-corrected chi connectivity index (χ4v) is 3.70. The van der Waals surface area contributed by atoms with E-state index < -0.39 is 18.4 Å². The summed E-state index contributed by atoms with van der Waals surface area (Å²) in [5.74, 6) is -3.43. The van der Waals surface area contributed by atoms with Crippen molar-refractivity contribution in [2.75, 3.05) is 39.4 Å². The molecular formula is C17H21F3N4O2S.